The molecule has 0 heterocycles. The number of hydrogen-bond donors (Lipinski definition) is 2. The van der Waals surface area contributed by atoms with Crippen molar-refractivity contribution >= 4 is 12.4 Å². The molecule has 1 aliphatic carbocycles. The van der Waals surface area contributed by atoms with Crippen LogP contribution in [0.2, 0.25) is 0 Å². The molecule has 1 fully saturated rings. The third-order valence-corrected chi connectivity index (χ3v) is 2.20. The van der Waals surface area contributed by atoms with Gasteiger partial charge in [-0.1, -0.05) is 12.8 Å². The molecule has 1 rings (SSSR count). The number of aliphatic hydroxyl groups excluding tert-OH is 1. The summed E-state index contributed by atoms with van der Waals surface area (Å²) in [5.74, 6) is 0.388. The van der Waals surface area contributed by atoms with Gasteiger partial charge >= 0.3 is 0 Å². The summed E-state index contributed by atoms with van der Waals surface area (Å²) >= 11 is 0. The van der Waals surface area contributed by atoms with Gasteiger partial charge < -0.3 is 10.8 Å². The van der Waals surface area contributed by atoms with Crippen molar-refractivity contribution in [2.45, 2.75) is 31.7 Å². The molecule has 0 aromatic heterocycles. The number of nitrogens with two attached hydrogens (primary N) is 1. The Bertz CT molecular complexity index is 89.7. The first-order chi connectivity index (χ1) is 4.34. The fraction of sp³-hybridized carbons (Fsp3) is 1.00. The Morgan fingerprint density at radius 3 is 2.30 bits per heavy atom. The highest BCUT2D eigenvalue weighted by molar-refractivity contribution is 5.85. The SMILES string of the molecule is Cl.N[C@@H]1CCCC[C@H]1CO. The molecule has 0 unspecified atom stereocenters. The molecule has 3 N–H and O–H groups in total. The smallest absolute Gasteiger partial charge is 0.0474 e. The van der Waals surface area contributed by atoms with Crippen LogP contribution in [0.25, 0.3) is 0 Å². The van der Waals surface area contributed by atoms with Gasteiger partial charge in [-0.05, 0) is 18.8 Å². The van der Waals surface area contributed by atoms with Crippen molar-refractivity contribution in [2.24, 2.45) is 11.7 Å². The van der Waals surface area contributed by atoms with Gasteiger partial charge in [-0.15, -0.1) is 12.4 Å². The van der Waals surface area contributed by atoms with Gasteiger partial charge in [0.1, 0.15) is 0 Å². The monoisotopic (exact) mass is 165 g/mol. The minimum absolute atomic E-state index is 0. The van der Waals surface area contributed by atoms with Crippen LogP contribution < -0.4 is 5.73 Å². The average molecular weight is 166 g/mol. The molecule has 2 nitrogen and oxygen atoms in total. The van der Waals surface area contributed by atoms with Gasteiger partial charge in [-0.3, -0.25) is 0 Å². The van der Waals surface area contributed by atoms with Gasteiger partial charge in [0.15, 0.2) is 0 Å². The summed E-state index contributed by atoms with van der Waals surface area (Å²) in [5, 5.41) is 8.78. The standard InChI is InChI=1S/C7H15NO.ClH/c8-7-4-2-1-3-6(7)5-9;/h6-7,9H,1-5,8H2;1H/t6-,7+;/m0./s1. The van der Waals surface area contributed by atoms with E-state index < -0.39 is 0 Å². The maximum atomic E-state index is 8.78. The van der Waals surface area contributed by atoms with Crippen LogP contribution in [0, 0.1) is 5.92 Å². The molecule has 0 aliphatic heterocycles. The van der Waals surface area contributed by atoms with E-state index in [1.807, 2.05) is 0 Å². The van der Waals surface area contributed by atoms with E-state index in [0.717, 1.165) is 12.8 Å². The van der Waals surface area contributed by atoms with Gasteiger partial charge in [0, 0.05) is 12.6 Å². The van der Waals surface area contributed by atoms with E-state index in [1.165, 1.54) is 12.8 Å². The lowest BCUT2D eigenvalue weighted by Crippen LogP contribution is -2.34. The maximum Gasteiger partial charge on any atom is 0.0474 e. The second-order valence-corrected chi connectivity index (χ2v) is 2.89. The third-order valence-electron chi connectivity index (χ3n) is 2.20. The van der Waals surface area contributed by atoms with Gasteiger partial charge in [0.2, 0.25) is 0 Å². The topological polar surface area (TPSA) is 46.2 Å². The molecule has 3 heteroatoms. The zero-order chi connectivity index (χ0) is 6.69. The van der Waals surface area contributed by atoms with E-state index in [9.17, 15) is 0 Å². The third kappa shape index (κ3) is 2.45. The predicted octanol–water partition coefficient (Wildman–Crippen LogP) is 0.918. The molecule has 10 heavy (non-hydrogen) atoms. The number of rotatable bonds is 1. The predicted molar refractivity (Wildman–Crippen MR) is 44.3 cm³/mol. The summed E-state index contributed by atoms with van der Waals surface area (Å²) in [6.07, 6.45) is 4.72. The van der Waals surface area contributed by atoms with Gasteiger partial charge in [-0.2, -0.15) is 0 Å². The highest BCUT2D eigenvalue weighted by Gasteiger charge is 2.19. The highest BCUT2D eigenvalue weighted by atomic mass is 35.5. The maximum absolute atomic E-state index is 8.78. The molecule has 0 aromatic rings. The molecule has 0 radical (unpaired) electrons. The van der Waals surface area contributed by atoms with Gasteiger partial charge in [-0.25, -0.2) is 0 Å². The Hall–Kier alpha value is 0.210. The Labute approximate surface area is 68.2 Å². The minimum atomic E-state index is 0. The van der Waals surface area contributed by atoms with E-state index in [0.29, 0.717) is 5.92 Å². The lowest BCUT2D eigenvalue weighted by atomic mass is 9.86. The largest absolute Gasteiger partial charge is 0.396 e. The first kappa shape index (κ1) is 10.2. The van der Waals surface area contributed by atoms with Crippen LogP contribution in [-0.2, 0) is 0 Å². The second-order valence-electron chi connectivity index (χ2n) is 2.89. The average Bonchev–Trinajstić information content (AvgIpc) is 1.89. The normalized spacial score (nSPS) is 33.0. The second kappa shape index (κ2) is 4.94. The van der Waals surface area contributed by atoms with Crippen molar-refractivity contribution in [1.82, 2.24) is 0 Å². The Morgan fingerprint density at radius 2 is 1.90 bits per heavy atom. The van der Waals surface area contributed by atoms with E-state index in [-0.39, 0.29) is 25.1 Å². The molecule has 0 saturated heterocycles. The van der Waals surface area contributed by atoms with E-state index in [4.69, 9.17) is 10.8 Å². The summed E-state index contributed by atoms with van der Waals surface area (Å²) < 4.78 is 0. The number of aliphatic hydroxyl groups is 1. The first-order valence-electron chi connectivity index (χ1n) is 3.71. The molecule has 1 aliphatic rings. The molecular formula is C7H16ClNO. The lowest BCUT2D eigenvalue weighted by molar-refractivity contribution is 0.171. The molecule has 0 spiro atoms. The molecular weight excluding hydrogens is 150 g/mol. The van der Waals surface area contributed by atoms with Crippen molar-refractivity contribution in [2.75, 3.05) is 6.61 Å². The van der Waals surface area contributed by atoms with Crippen LogP contribution in [0.4, 0.5) is 0 Å². The van der Waals surface area contributed by atoms with Crippen molar-refractivity contribution in [1.29, 1.82) is 0 Å². The van der Waals surface area contributed by atoms with E-state index in [2.05, 4.69) is 0 Å². The van der Waals surface area contributed by atoms with E-state index in [1.54, 1.807) is 0 Å². The van der Waals surface area contributed by atoms with Crippen LogP contribution in [0.3, 0.4) is 0 Å². The Kier molecular flexibility index (Phi) is 5.04. The van der Waals surface area contributed by atoms with Crippen LogP contribution in [0.5, 0.6) is 0 Å². The fourth-order valence-electron chi connectivity index (χ4n) is 1.46. The van der Waals surface area contributed by atoms with Crippen LogP contribution in [-0.4, -0.2) is 17.8 Å². The number of hydrogen-bond acceptors (Lipinski definition) is 2. The van der Waals surface area contributed by atoms with Crippen LogP contribution >= 0.6 is 12.4 Å². The van der Waals surface area contributed by atoms with Gasteiger partial charge in [0.25, 0.3) is 0 Å². The molecule has 0 bridgehead atoms. The summed E-state index contributed by atoms with van der Waals surface area (Å²) in [5.41, 5.74) is 5.73. The van der Waals surface area contributed by atoms with Crippen molar-refractivity contribution in [3.8, 4) is 0 Å². The molecule has 0 aromatic carbocycles. The zero-order valence-corrected chi connectivity index (χ0v) is 6.94. The zero-order valence-electron chi connectivity index (χ0n) is 6.12. The van der Waals surface area contributed by atoms with E-state index >= 15 is 0 Å². The first-order valence-corrected chi connectivity index (χ1v) is 3.71. The number of halogens is 1. The Morgan fingerprint density at radius 1 is 1.30 bits per heavy atom. The van der Waals surface area contributed by atoms with Crippen LogP contribution in [0.15, 0.2) is 0 Å². The lowest BCUT2D eigenvalue weighted by Gasteiger charge is -2.26. The van der Waals surface area contributed by atoms with Crippen molar-refractivity contribution in [3.05, 3.63) is 0 Å². The van der Waals surface area contributed by atoms with Crippen LogP contribution in [0.1, 0.15) is 25.7 Å². The molecule has 0 amide bonds. The highest BCUT2D eigenvalue weighted by Crippen LogP contribution is 2.21. The fourth-order valence-corrected chi connectivity index (χ4v) is 1.46. The van der Waals surface area contributed by atoms with Crippen molar-refractivity contribution in [3.63, 3.8) is 0 Å². The molecule has 1 saturated carbocycles. The summed E-state index contributed by atoms with van der Waals surface area (Å²) in [6, 6.07) is 0.267. The summed E-state index contributed by atoms with van der Waals surface area (Å²) in [4.78, 5) is 0. The van der Waals surface area contributed by atoms with Crippen molar-refractivity contribution < 1.29 is 5.11 Å². The Balaban J connectivity index is 0.000000810. The van der Waals surface area contributed by atoms with Gasteiger partial charge in [0.05, 0.1) is 0 Å². The molecule has 62 valence electrons. The summed E-state index contributed by atoms with van der Waals surface area (Å²) in [7, 11) is 0. The molecule has 2 atom stereocenters. The quantitative estimate of drug-likeness (QED) is 0.607. The minimum Gasteiger partial charge on any atom is -0.396 e. The summed E-state index contributed by atoms with van der Waals surface area (Å²) in [6.45, 7) is 0.279.